The van der Waals surface area contributed by atoms with E-state index in [1.54, 1.807) is 35.2 Å². The minimum atomic E-state index is -2.74. The van der Waals surface area contributed by atoms with Gasteiger partial charge in [-0.1, -0.05) is 30.4 Å². The lowest BCUT2D eigenvalue weighted by atomic mass is 10.1. The van der Waals surface area contributed by atoms with Crippen LogP contribution in [0.15, 0.2) is 66.9 Å². The van der Waals surface area contributed by atoms with Crippen molar-refractivity contribution >= 4 is 11.6 Å². The summed E-state index contributed by atoms with van der Waals surface area (Å²) < 4.78 is 106. The molecule has 1 fully saturated rings. The Morgan fingerprint density at radius 1 is 1.06 bits per heavy atom. The first-order valence-corrected chi connectivity index (χ1v) is 11.1. The van der Waals surface area contributed by atoms with Crippen LogP contribution in [0.25, 0.3) is 11.3 Å². The zero-order valence-electron chi connectivity index (χ0n) is 29.9. The number of anilines is 2. The van der Waals surface area contributed by atoms with Gasteiger partial charge in [-0.05, 0) is 61.7 Å². The molecule has 0 aliphatic carbocycles. The Morgan fingerprint density at radius 2 is 1.94 bits per heavy atom. The van der Waals surface area contributed by atoms with Gasteiger partial charge in [0.05, 0.1) is 41.6 Å². The molecule has 7 heteroatoms. The van der Waals surface area contributed by atoms with Crippen molar-refractivity contribution in [3.63, 3.8) is 0 Å². The summed E-state index contributed by atoms with van der Waals surface area (Å²) in [6.07, 6.45) is -2.58. The lowest BCUT2D eigenvalue weighted by Gasteiger charge is -2.17. The van der Waals surface area contributed by atoms with Crippen LogP contribution in [0.4, 0.5) is 11.6 Å². The van der Waals surface area contributed by atoms with E-state index in [0.717, 1.165) is 12.2 Å². The number of aromatic nitrogens is 2. The van der Waals surface area contributed by atoms with E-state index >= 15 is 0 Å². The average molecular weight is 484 g/mol. The second kappa shape index (κ2) is 11.9. The van der Waals surface area contributed by atoms with E-state index in [2.05, 4.69) is 15.3 Å². The minimum Gasteiger partial charge on any atom is -0.492 e. The van der Waals surface area contributed by atoms with E-state index in [4.69, 9.17) is 29.3 Å². The highest BCUT2D eigenvalue weighted by molar-refractivity contribution is 5.63. The van der Waals surface area contributed by atoms with Crippen LogP contribution in [0.5, 0.6) is 5.75 Å². The predicted octanol–water partition coefficient (Wildman–Crippen LogP) is 4.96. The van der Waals surface area contributed by atoms with Gasteiger partial charge in [0.25, 0.3) is 0 Å². The largest absolute Gasteiger partial charge is 0.492 e. The molecule has 0 spiro atoms. The van der Waals surface area contributed by atoms with Gasteiger partial charge in [0.2, 0.25) is 5.95 Å². The average Bonchev–Trinajstić information content (AvgIpc) is 3.16. The number of hydrogen-bond donors (Lipinski definition) is 1. The first-order valence-electron chi connectivity index (χ1n) is 16.6. The van der Waals surface area contributed by atoms with Crippen molar-refractivity contribution in [3.05, 3.63) is 78.0 Å². The van der Waals surface area contributed by atoms with Crippen molar-refractivity contribution in [2.75, 3.05) is 44.7 Å². The third-order valence-corrected chi connectivity index (χ3v) is 5.23. The predicted molar refractivity (Wildman–Crippen MR) is 137 cm³/mol. The van der Waals surface area contributed by atoms with Crippen LogP contribution >= 0.6 is 0 Å². The van der Waals surface area contributed by atoms with Crippen LogP contribution in [0.3, 0.4) is 0 Å². The third-order valence-electron chi connectivity index (χ3n) is 5.23. The Hall–Kier alpha value is -3.26. The van der Waals surface area contributed by atoms with Crippen LogP contribution in [0, 0.1) is 0 Å². The van der Waals surface area contributed by atoms with Gasteiger partial charge in [-0.2, -0.15) is 0 Å². The topological polar surface area (TPSA) is 68.7 Å². The molecule has 0 unspecified atom stereocenters. The highest BCUT2D eigenvalue weighted by Gasteiger charge is 2.13. The van der Waals surface area contributed by atoms with Gasteiger partial charge in [0.15, 0.2) is 0 Å². The molecule has 1 aromatic heterocycles. The first-order chi connectivity index (χ1) is 21.3. The van der Waals surface area contributed by atoms with E-state index in [1.807, 2.05) is 0 Å². The van der Waals surface area contributed by atoms with Crippen LogP contribution in [0.2, 0.25) is 0 Å². The summed E-state index contributed by atoms with van der Waals surface area (Å²) in [5.74, 6) is 0.366. The van der Waals surface area contributed by atoms with E-state index in [9.17, 15) is 0 Å². The number of fused-ring (bicyclic) bond motifs is 7. The Morgan fingerprint density at radius 3 is 2.86 bits per heavy atom. The first kappa shape index (κ1) is 13.7. The van der Waals surface area contributed by atoms with Gasteiger partial charge in [-0.15, -0.1) is 0 Å². The van der Waals surface area contributed by atoms with E-state index < -0.39 is 32.4 Å². The molecule has 7 nitrogen and oxygen atoms in total. The molecule has 3 heterocycles. The standard InChI is InChI=1S/C28H32N4O3/c1-2-13-32(12-1)14-17-35-27-9-8-25-19-24(27)21-34-16-4-3-15-33-20-22-6-5-7-23(18-22)26-10-11-29-28(30-25)31-26/h3-11,18-19H,1-2,12-17,20-21H2,(H,29,30,31)/b4-3+/i1D2,2D2,11D,15D2,16D2,20D2. The summed E-state index contributed by atoms with van der Waals surface area (Å²) in [5.41, 5.74) is 1.53. The summed E-state index contributed by atoms with van der Waals surface area (Å²) in [5, 5.41) is 3.03. The van der Waals surface area contributed by atoms with E-state index in [0.29, 0.717) is 28.3 Å². The maximum absolute atomic E-state index is 8.40. The second-order valence-corrected chi connectivity index (χ2v) is 7.71. The molecule has 1 saturated heterocycles. The van der Waals surface area contributed by atoms with E-state index in [-0.39, 0.29) is 50.5 Å². The van der Waals surface area contributed by atoms with Gasteiger partial charge in [-0.3, -0.25) is 4.90 Å². The van der Waals surface area contributed by atoms with Gasteiger partial charge >= 0.3 is 0 Å². The van der Waals surface area contributed by atoms with Crippen molar-refractivity contribution in [1.29, 1.82) is 0 Å². The Kier molecular flexibility index (Phi) is 4.68. The van der Waals surface area contributed by atoms with E-state index in [1.165, 1.54) is 18.2 Å². The quantitative estimate of drug-likeness (QED) is 0.526. The molecule has 35 heavy (non-hydrogen) atoms. The van der Waals surface area contributed by atoms with Gasteiger partial charge in [0, 0.05) is 35.0 Å². The Labute approximate surface area is 222 Å². The number of hydrogen-bond acceptors (Lipinski definition) is 7. The van der Waals surface area contributed by atoms with Crippen LogP contribution in [0.1, 0.15) is 39.0 Å². The monoisotopic (exact) mass is 483 g/mol. The smallest absolute Gasteiger partial charge is 0.227 e. The molecular weight excluding hydrogens is 440 g/mol. The highest BCUT2D eigenvalue weighted by Crippen LogP contribution is 2.26. The summed E-state index contributed by atoms with van der Waals surface area (Å²) >= 11 is 0. The molecule has 2 aromatic carbocycles. The van der Waals surface area contributed by atoms with Crippen molar-refractivity contribution in [2.24, 2.45) is 0 Å². The Bertz CT molecular complexity index is 1610. The zero-order chi connectivity index (χ0) is 33.5. The lowest BCUT2D eigenvalue weighted by Crippen LogP contribution is -2.25. The van der Waals surface area contributed by atoms with Crippen LogP contribution < -0.4 is 10.1 Å². The van der Waals surface area contributed by atoms with Crippen LogP contribution in [-0.2, 0) is 22.6 Å². The lowest BCUT2D eigenvalue weighted by molar-refractivity contribution is 0.138. The maximum Gasteiger partial charge on any atom is 0.227 e. The highest BCUT2D eigenvalue weighted by atomic mass is 16.5. The third kappa shape index (κ3) is 6.66. The summed E-state index contributed by atoms with van der Waals surface area (Å²) in [7, 11) is 0. The molecular formula is C28H32N4O3. The molecule has 3 aromatic rings. The summed E-state index contributed by atoms with van der Waals surface area (Å²) in [4.78, 5) is 10.2. The number of likely N-dealkylation sites (tertiary alicyclic amines) is 1. The van der Waals surface area contributed by atoms with Gasteiger partial charge < -0.3 is 19.5 Å². The molecule has 0 atom stereocenters. The van der Waals surface area contributed by atoms with Gasteiger partial charge in [-0.25, -0.2) is 9.97 Å². The SMILES string of the molecule is [2H]c1cc2nc(n1)Nc1ccc(OCCN3CC([2H])([2H])C([2H])([2H])C3)c(c1)COC([2H])([2H])/C=C/C([2H])([2H])OC([2H])([2H])c1cccc-2c1. The molecule has 0 radical (unpaired) electrons. The fraction of sp³-hybridized carbons (Fsp3) is 0.357. The molecule has 182 valence electrons. The summed E-state index contributed by atoms with van der Waals surface area (Å²) in [6.45, 7) is -8.10. The molecule has 0 saturated carbocycles. The normalized spacial score (nSPS) is 29.5. The molecule has 2 aliphatic heterocycles. The van der Waals surface area contributed by atoms with Crippen molar-refractivity contribution < 1.29 is 29.3 Å². The number of ether oxygens (including phenoxy) is 3. The van der Waals surface area contributed by atoms with Crippen LogP contribution in [-0.4, -0.2) is 54.2 Å². The maximum atomic E-state index is 8.40. The van der Waals surface area contributed by atoms with Crippen molar-refractivity contribution in [3.8, 4) is 17.0 Å². The Balaban J connectivity index is 1.47. The van der Waals surface area contributed by atoms with Gasteiger partial charge in [0.1, 0.15) is 12.4 Å². The number of nitrogens with one attached hydrogen (secondary N) is 1. The molecule has 5 rings (SSSR count). The molecule has 2 aliphatic rings. The van der Waals surface area contributed by atoms with Crippen molar-refractivity contribution in [1.82, 2.24) is 14.9 Å². The fourth-order valence-corrected chi connectivity index (χ4v) is 3.50. The molecule has 6 bridgehead atoms. The number of nitrogens with zero attached hydrogens (tertiary/aromatic N) is 3. The number of rotatable bonds is 4. The molecule has 1 N–H and O–H groups in total. The number of benzene rings is 2. The second-order valence-electron chi connectivity index (χ2n) is 7.71. The van der Waals surface area contributed by atoms with Crippen molar-refractivity contribution in [2.45, 2.75) is 25.9 Å². The minimum absolute atomic E-state index is 0.0234. The summed E-state index contributed by atoms with van der Waals surface area (Å²) in [6, 6.07) is 12.3. The zero-order valence-corrected chi connectivity index (χ0v) is 18.9. The molecule has 0 amide bonds. The fourth-order valence-electron chi connectivity index (χ4n) is 3.50.